The predicted octanol–water partition coefficient (Wildman–Crippen LogP) is 3.74. The summed E-state index contributed by atoms with van der Waals surface area (Å²) in [6, 6.07) is 0.868. The lowest BCUT2D eigenvalue weighted by Crippen LogP contribution is -2.33. The number of hydrogen-bond donors (Lipinski definition) is 1. The van der Waals surface area contributed by atoms with E-state index < -0.39 is 0 Å². The highest BCUT2D eigenvalue weighted by Crippen LogP contribution is 2.30. The predicted molar refractivity (Wildman–Crippen MR) is 63.6 cm³/mol. The molecule has 84 valence electrons. The molecular formula is C13H27N. The van der Waals surface area contributed by atoms with Crippen molar-refractivity contribution in [1.29, 1.82) is 0 Å². The van der Waals surface area contributed by atoms with Gasteiger partial charge in [0.2, 0.25) is 0 Å². The first kappa shape index (κ1) is 12.0. The second kappa shape index (κ2) is 5.75. The molecule has 1 atom stereocenters. The molecule has 1 nitrogen and oxygen atoms in total. The van der Waals surface area contributed by atoms with Crippen molar-refractivity contribution in [2.24, 2.45) is 5.41 Å². The fourth-order valence-electron chi connectivity index (χ4n) is 2.19. The van der Waals surface area contributed by atoms with Gasteiger partial charge in [-0.1, -0.05) is 40.0 Å². The Labute approximate surface area is 89.7 Å². The van der Waals surface area contributed by atoms with Crippen LogP contribution in [0.1, 0.15) is 65.7 Å². The third-order valence-corrected chi connectivity index (χ3v) is 3.38. The molecule has 1 rings (SSSR count). The van der Waals surface area contributed by atoms with E-state index in [1.807, 2.05) is 0 Å². The van der Waals surface area contributed by atoms with E-state index in [4.69, 9.17) is 0 Å². The third-order valence-electron chi connectivity index (χ3n) is 3.38. The highest BCUT2D eigenvalue weighted by atomic mass is 15.0. The van der Waals surface area contributed by atoms with Gasteiger partial charge >= 0.3 is 0 Å². The summed E-state index contributed by atoms with van der Waals surface area (Å²) in [7, 11) is 0. The molecule has 1 heteroatoms. The van der Waals surface area contributed by atoms with E-state index in [2.05, 4.69) is 26.1 Å². The maximum atomic E-state index is 3.69. The summed E-state index contributed by atoms with van der Waals surface area (Å²) in [6.45, 7) is 8.30. The molecule has 1 unspecified atom stereocenters. The average Bonchev–Trinajstić information content (AvgIpc) is 2.96. The first-order chi connectivity index (χ1) is 6.70. The van der Waals surface area contributed by atoms with Crippen molar-refractivity contribution in [3.05, 3.63) is 0 Å². The van der Waals surface area contributed by atoms with Gasteiger partial charge in [0.05, 0.1) is 0 Å². The van der Waals surface area contributed by atoms with Crippen LogP contribution in [0.2, 0.25) is 0 Å². The maximum Gasteiger partial charge on any atom is 0.00684 e. The Hall–Kier alpha value is -0.0400. The average molecular weight is 197 g/mol. The van der Waals surface area contributed by atoms with Gasteiger partial charge in [-0.3, -0.25) is 0 Å². The molecule has 1 saturated carbocycles. The molecule has 0 aromatic carbocycles. The quantitative estimate of drug-likeness (QED) is 0.625. The van der Waals surface area contributed by atoms with Gasteiger partial charge in [0.25, 0.3) is 0 Å². The minimum absolute atomic E-state index is 0.563. The van der Waals surface area contributed by atoms with Gasteiger partial charge in [-0.2, -0.15) is 0 Å². The van der Waals surface area contributed by atoms with Crippen molar-refractivity contribution in [3.63, 3.8) is 0 Å². The molecule has 1 aliphatic carbocycles. The topological polar surface area (TPSA) is 12.0 Å². The van der Waals surface area contributed by atoms with Crippen LogP contribution in [-0.2, 0) is 0 Å². The Morgan fingerprint density at radius 2 is 1.86 bits per heavy atom. The van der Waals surface area contributed by atoms with E-state index in [0.717, 1.165) is 6.04 Å². The van der Waals surface area contributed by atoms with Crippen LogP contribution in [0.25, 0.3) is 0 Å². The lowest BCUT2D eigenvalue weighted by Gasteiger charge is -2.29. The molecule has 0 spiro atoms. The van der Waals surface area contributed by atoms with Crippen molar-refractivity contribution in [2.45, 2.75) is 71.8 Å². The van der Waals surface area contributed by atoms with Gasteiger partial charge < -0.3 is 5.32 Å². The summed E-state index contributed by atoms with van der Waals surface area (Å²) in [5.74, 6) is 0. The minimum atomic E-state index is 0.563. The zero-order chi connectivity index (χ0) is 10.4. The van der Waals surface area contributed by atoms with Gasteiger partial charge in [-0.25, -0.2) is 0 Å². The van der Waals surface area contributed by atoms with E-state index in [-0.39, 0.29) is 0 Å². The van der Waals surface area contributed by atoms with Crippen LogP contribution in [0.15, 0.2) is 0 Å². The van der Waals surface area contributed by atoms with Crippen LogP contribution in [0.4, 0.5) is 0 Å². The summed E-state index contributed by atoms with van der Waals surface area (Å²) in [5, 5.41) is 3.69. The van der Waals surface area contributed by atoms with Gasteiger partial charge in [-0.05, 0) is 31.1 Å². The van der Waals surface area contributed by atoms with Gasteiger partial charge in [0.15, 0.2) is 0 Å². The van der Waals surface area contributed by atoms with Crippen LogP contribution in [-0.4, -0.2) is 12.6 Å². The SMILES string of the molecule is CCCCC(C)(CCC)CNC1CC1. The normalized spacial score (nSPS) is 20.8. The first-order valence-corrected chi connectivity index (χ1v) is 6.43. The number of hydrogen-bond acceptors (Lipinski definition) is 1. The monoisotopic (exact) mass is 197 g/mol. The van der Waals surface area contributed by atoms with Crippen LogP contribution < -0.4 is 5.32 Å². The molecule has 1 fully saturated rings. The Morgan fingerprint density at radius 3 is 2.36 bits per heavy atom. The van der Waals surface area contributed by atoms with Crippen LogP contribution in [0.3, 0.4) is 0 Å². The zero-order valence-electron chi connectivity index (χ0n) is 10.2. The van der Waals surface area contributed by atoms with Gasteiger partial charge in [0.1, 0.15) is 0 Å². The molecule has 0 radical (unpaired) electrons. The van der Waals surface area contributed by atoms with Crippen LogP contribution in [0.5, 0.6) is 0 Å². The molecule has 0 aromatic heterocycles. The molecule has 1 aliphatic rings. The molecular weight excluding hydrogens is 170 g/mol. The second-order valence-electron chi connectivity index (χ2n) is 5.32. The fraction of sp³-hybridized carbons (Fsp3) is 1.00. The molecule has 0 bridgehead atoms. The molecule has 0 aliphatic heterocycles. The summed E-state index contributed by atoms with van der Waals surface area (Å²) in [5.41, 5.74) is 0.563. The second-order valence-corrected chi connectivity index (χ2v) is 5.32. The maximum absolute atomic E-state index is 3.69. The lowest BCUT2D eigenvalue weighted by molar-refractivity contribution is 0.247. The smallest absolute Gasteiger partial charge is 0.00684 e. The van der Waals surface area contributed by atoms with Gasteiger partial charge in [0, 0.05) is 12.6 Å². The number of unbranched alkanes of at least 4 members (excludes halogenated alkanes) is 1. The summed E-state index contributed by atoms with van der Waals surface area (Å²) >= 11 is 0. The molecule has 0 aromatic rings. The molecule has 0 heterocycles. The van der Waals surface area contributed by atoms with Crippen LogP contribution in [0, 0.1) is 5.41 Å². The van der Waals surface area contributed by atoms with Crippen molar-refractivity contribution >= 4 is 0 Å². The standard InChI is InChI=1S/C13H27N/c1-4-6-10-13(3,9-5-2)11-14-12-7-8-12/h12,14H,4-11H2,1-3H3. The number of rotatable bonds is 8. The van der Waals surface area contributed by atoms with E-state index in [1.54, 1.807) is 0 Å². The molecule has 0 amide bonds. The van der Waals surface area contributed by atoms with E-state index in [9.17, 15) is 0 Å². The Morgan fingerprint density at radius 1 is 1.14 bits per heavy atom. The Balaban J connectivity index is 2.24. The molecule has 14 heavy (non-hydrogen) atoms. The largest absolute Gasteiger partial charge is 0.313 e. The zero-order valence-corrected chi connectivity index (χ0v) is 10.2. The number of nitrogens with one attached hydrogen (secondary N) is 1. The Kier molecular flexibility index (Phi) is 4.94. The van der Waals surface area contributed by atoms with E-state index >= 15 is 0 Å². The van der Waals surface area contributed by atoms with Crippen molar-refractivity contribution in [2.75, 3.05) is 6.54 Å². The molecule has 0 saturated heterocycles. The van der Waals surface area contributed by atoms with Gasteiger partial charge in [-0.15, -0.1) is 0 Å². The highest BCUT2D eigenvalue weighted by molar-refractivity contribution is 4.85. The lowest BCUT2D eigenvalue weighted by atomic mass is 9.80. The summed E-state index contributed by atoms with van der Waals surface area (Å²) in [6.07, 6.45) is 9.66. The third kappa shape index (κ3) is 4.45. The summed E-state index contributed by atoms with van der Waals surface area (Å²) in [4.78, 5) is 0. The van der Waals surface area contributed by atoms with Crippen molar-refractivity contribution < 1.29 is 0 Å². The molecule has 1 N–H and O–H groups in total. The van der Waals surface area contributed by atoms with Crippen molar-refractivity contribution in [3.8, 4) is 0 Å². The van der Waals surface area contributed by atoms with E-state index in [1.165, 1.54) is 51.5 Å². The van der Waals surface area contributed by atoms with E-state index in [0.29, 0.717) is 5.41 Å². The van der Waals surface area contributed by atoms with Crippen LogP contribution >= 0.6 is 0 Å². The summed E-state index contributed by atoms with van der Waals surface area (Å²) < 4.78 is 0. The Bertz CT molecular complexity index is 151. The van der Waals surface area contributed by atoms with Crippen molar-refractivity contribution in [1.82, 2.24) is 5.32 Å². The highest BCUT2D eigenvalue weighted by Gasteiger charge is 2.27. The first-order valence-electron chi connectivity index (χ1n) is 6.43. The minimum Gasteiger partial charge on any atom is -0.313 e. The fourth-order valence-corrected chi connectivity index (χ4v) is 2.19.